The summed E-state index contributed by atoms with van der Waals surface area (Å²) in [6.45, 7) is 1.78. The molecule has 2 aromatic rings. The molecule has 5 nitrogen and oxygen atoms in total. The van der Waals surface area contributed by atoms with Crippen LogP contribution in [0.4, 0.5) is 11.4 Å². The van der Waals surface area contributed by atoms with Crippen LogP contribution in [0.2, 0.25) is 5.02 Å². The van der Waals surface area contributed by atoms with Crippen molar-refractivity contribution in [3.05, 3.63) is 53.1 Å². The van der Waals surface area contributed by atoms with Gasteiger partial charge < -0.3 is 15.4 Å². The SMILES string of the molecule is Cc1cc(OCC(=O)Nc2ccc(NC(=O)C3CC3)cc2)ccc1Cl. The first-order valence-electron chi connectivity index (χ1n) is 8.11. The third-order valence-electron chi connectivity index (χ3n) is 3.88. The number of carbonyl (C=O) groups excluding carboxylic acids is 2. The highest BCUT2D eigenvalue weighted by molar-refractivity contribution is 6.31. The minimum atomic E-state index is -0.262. The van der Waals surface area contributed by atoms with Gasteiger partial charge in [0.15, 0.2) is 6.61 Å². The highest BCUT2D eigenvalue weighted by Crippen LogP contribution is 2.30. The lowest BCUT2D eigenvalue weighted by atomic mass is 10.2. The van der Waals surface area contributed by atoms with Gasteiger partial charge in [-0.25, -0.2) is 0 Å². The number of anilines is 2. The molecule has 1 aliphatic rings. The van der Waals surface area contributed by atoms with Gasteiger partial charge in [-0.05, 0) is 67.8 Å². The van der Waals surface area contributed by atoms with E-state index in [9.17, 15) is 9.59 Å². The Balaban J connectivity index is 1.48. The standard InChI is InChI=1S/C19H19ClN2O3/c1-12-10-16(8-9-17(12)20)25-11-18(23)21-14-4-6-15(7-5-14)22-19(24)13-2-3-13/h4-10,13H,2-3,11H2,1H3,(H,21,23)(H,22,24). The molecule has 0 atom stereocenters. The van der Waals surface area contributed by atoms with E-state index in [4.69, 9.17) is 16.3 Å². The molecule has 25 heavy (non-hydrogen) atoms. The Hall–Kier alpha value is -2.53. The van der Waals surface area contributed by atoms with E-state index in [1.165, 1.54) is 0 Å². The van der Waals surface area contributed by atoms with Crippen molar-refractivity contribution in [2.75, 3.05) is 17.2 Å². The van der Waals surface area contributed by atoms with Crippen molar-refractivity contribution in [3.8, 4) is 5.75 Å². The summed E-state index contributed by atoms with van der Waals surface area (Å²) in [5.74, 6) is 0.550. The van der Waals surface area contributed by atoms with Crippen molar-refractivity contribution < 1.29 is 14.3 Å². The number of nitrogens with one attached hydrogen (secondary N) is 2. The van der Waals surface area contributed by atoms with Crippen LogP contribution < -0.4 is 15.4 Å². The second-order valence-corrected chi connectivity index (χ2v) is 6.50. The van der Waals surface area contributed by atoms with Gasteiger partial charge in [0.2, 0.25) is 5.91 Å². The van der Waals surface area contributed by atoms with Crippen molar-refractivity contribution >= 4 is 34.8 Å². The third kappa shape index (κ3) is 4.97. The van der Waals surface area contributed by atoms with Crippen molar-refractivity contribution in [3.63, 3.8) is 0 Å². The molecule has 6 heteroatoms. The molecule has 0 saturated heterocycles. The number of rotatable bonds is 6. The summed E-state index contributed by atoms with van der Waals surface area (Å²) in [6, 6.07) is 12.3. The van der Waals surface area contributed by atoms with E-state index in [0.29, 0.717) is 16.5 Å². The van der Waals surface area contributed by atoms with Crippen LogP contribution in [-0.2, 0) is 9.59 Å². The first-order chi connectivity index (χ1) is 12.0. The average molecular weight is 359 g/mol. The smallest absolute Gasteiger partial charge is 0.262 e. The number of amides is 2. The summed E-state index contributed by atoms with van der Waals surface area (Å²) in [5, 5.41) is 6.26. The van der Waals surface area contributed by atoms with E-state index in [1.54, 1.807) is 42.5 Å². The molecule has 3 rings (SSSR count). The van der Waals surface area contributed by atoms with E-state index < -0.39 is 0 Å². The maximum Gasteiger partial charge on any atom is 0.262 e. The van der Waals surface area contributed by atoms with Gasteiger partial charge in [-0.3, -0.25) is 9.59 Å². The fourth-order valence-electron chi connectivity index (χ4n) is 2.28. The molecule has 2 aromatic carbocycles. The van der Waals surface area contributed by atoms with Gasteiger partial charge in [-0.2, -0.15) is 0 Å². The van der Waals surface area contributed by atoms with Crippen LogP contribution in [0.3, 0.4) is 0 Å². The Bertz CT molecular complexity index is 786. The number of benzene rings is 2. The molecule has 0 radical (unpaired) electrons. The van der Waals surface area contributed by atoms with Crippen molar-refractivity contribution in [1.29, 1.82) is 0 Å². The van der Waals surface area contributed by atoms with Crippen LogP contribution in [-0.4, -0.2) is 18.4 Å². The molecule has 0 aliphatic heterocycles. The van der Waals surface area contributed by atoms with Gasteiger partial charge in [0.25, 0.3) is 5.91 Å². The van der Waals surface area contributed by atoms with Crippen LogP contribution in [0.15, 0.2) is 42.5 Å². The Labute approximate surface area is 151 Å². The molecule has 1 fully saturated rings. The average Bonchev–Trinajstić information content (AvgIpc) is 3.43. The van der Waals surface area contributed by atoms with Gasteiger partial charge in [0, 0.05) is 22.3 Å². The predicted octanol–water partition coefficient (Wildman–Crippen LogP) is 4.01. The lowest BCUT2D eigenvalue weighted by molar-refractivity contribution is -0.118. The summed E-state index contributed by atoms with van der Waals surface area (Å²) in [5.41, 5.74) is 2.26. The third-order valence-corrected chi connectivity index (χ3v) is 4.31. The van der Waals surface area contributed by atoms with Crippen LogP contribution in [0, 0.1) is 12.8 Å². The minimum absolute atomic E-state index is 0.0587. The predicted molar refractivity (Wildman–Crippen MR) is 98.1 cm³/mol. The van der Waals surface area contributed by atoms with Crippen molar-refractivity contribution in [1.82, 2.24) is 0 Å². The first kappa shape index (κ1) is 17.3. The topological polar surface area (TPSA) is 67.4 Å². The molecular weight excluding hydrogens is 340 g/mol. The van der Waals surface area contributed by atoms with E-state index in [-0.39, 0.29) is 24.3 Å². The maximum atomic E-state index is 12.0. The number of ether oxygens (including phenoxy) is 1. The molecule has 130 valence electrons. The number of hydrogen-bond acceptors (Lipinski definition) is 3. The van der Waals surface area contributed by atoms with Crippen LogP contribution in [0.25, 0.3) is 0 Å². The van der Waals surface area contributed by atoms with Gasteiger partial charge in [0.1, 0.15) is 5.75 Å². The van der Waals surface area contributed by atoms with Crippen LogP contribution >= 0.6 is 11.6 Å². The Kier molecular flexibility index (Phi) is 5.24. The van der Waals surface area contributed by atoms with Gasteiger partial charge in [0.05, 0.1) is 0 Å². The molecule has 2 N–H and O–H groups in total. The number of carbonyl (C=O) groups is 2. The molecule has 2 amide bonds. The Morgan fingerprint density at radius 1 is 1.08 bits per heavy atom. The van der Waals surface area contributed by atoms with Crippen molar-refractivity contribution in [2.24, 2.45) is 5.92 Å². The molecule has 1 aliphatic carbocycles. The Morgan fingerprint density at radius 2 is 1.72 bits per heavy atom. The second-order valence-electron chi connectivity index (χ2n) is 6.09. The lowest BCUT2D eigenvalue weighted by Crippen LogP contribution is -2.20. The second kappa shape index (κ2) is 7.57. The molecule has 1 saturated carbocycles. The van der Waals surface area contributed by atoms with Gasteiger partial charge >= 0.3 is 0 Å². The fraction of sp³-hybridized carbons (Fsp3) is 0.263. The zero-order chi connectivity index (χ0) is 17.8. The molecule has 0 unspecified atom stereocenters. The van der Waals surface area contributed by atoms with Crippen LogP contribution in [0.5, 0.6) is 5.75 Å². The van der Waals surface area contributed by atoms with Gasteiger partial charge in [-0.15, -0.1) is 0 Å². The summed E-state index contributed by atoms with van der Waals surface area (Å²) >= 11 is 5.95. The number of aryl methyl sites for hydroxylation is 1. The lowest BCUT2D eigenvalue weighted by Gasteiger charge is -2.09. The van der Waals surface area contributed by atoms with Gasteiger partial charge in [-0.1, -0.05) is 11.6 Å². The fourth-order valence-corrected chi connectivity index (χ4v) is 2.40. The normalized spacial score (nSPS) is 13.2. The van der Waals surface area contributed by atoms with E-state index in [2.05, 4.69) is 10.6 Å². The summed E-state index contributed by atoms with van der Waals surface area (Å²) in [7, 11) is 0. The van der Waals surface area contributed by atoms with E-state index >= 15 is 0 Å². The highest BCUT2D eigenvalue weighted by Gasteiger charge is 2.29. The zero-order valence-corrected chi connectivity index (χ0v) is 14.6. The van der Waals surface area contributed by atoms with E-state index in [1.807, 2.05) is 6.92 Å². The largest absolute Gasteiger partial charge is 0.484 e. The van der Waals surface area contributed by atoms with Crippen molar-refractivity contribution in [2.45, 2.75) is 19.8 Å². The molecule has 0 spiro atoms. The van der Waals surface area contributed by atoms with Crippen LogP contribution in [0.1, 0.15) is 18.4 Å². The molecular formula is C19H19ClN2O3. The minimum Gasteiger partial charge on any atom is -0.484 e. The molecule has 0 aromatic heterocycles. The summed E-state index contributed by atoms with van der Waals surface area (Å²) < 4.78 is 5.46. The number of halogens is 1. The Morgan fingerprint density at radius 3 is 2.32 bits per heavy atom. The highest BCUT2D eigenvalue weighted by atomic mass is 35.5. The first-order valence-corrected chi connectivity index (χ1v) is 8.49. The maximum absolute atomic E-state index is 12.0. The molecule has 0 bridgehead atoms. The van der Waals surface area contributed by atoms with E-state index in [0.717, 1.165) is 24.1 Å². The summed E-state index contributed by atoms with van der Waals surface area (Å²) in [4.78, 5) is 23.7. The molecule has 0 heterocycles. The number of hydrogen-bond donors (Lipinski definition) is 2. The zero-order valence-electron chi connectivity index (χ0n) is 13.8. The summed E-state index contributed by atoms with van der Waals surface area (Å²) in [6.07, 6.45) is 1.93. The quantitative estimate of drug-likeness (QED) is 0.819. The monoisotopic (exact) mass is 358 g/mol.